The van der Waals surface area contributed by atoms with Gasteiger partial charge < -0.3 is 5.32 Å². The fraction of sp³-hybridized carbons (Fsp3) is 0.412. The number of halogens is 1. The average molecular weight is 302 g/mol. The summed E-state index contributed by atoms with van der Waals surface area (Å²) in [5.41, 5.74) is 4.02. The maximum Gasteiger partial charge on any atom is 0.135 e. The van der Waals surface area contributed by atoms with E-state index in [0.717, 1.165) is 23.8 Å². The van der Waals surface area contributed by atoms with Gasteiger partial charge in [-0.25, -0.2) is 9.97 Å². The van der Waals surface area contributed by atoms with Gasteiger partial charge in [-0.15, -0.1) is 0 Å². The Morgan fingerprint density at radius 2 is 1.95 bits per heavy atom. The third-order valence-corrected chi connectivity index (χ3v) is 4.08. The van der Waals surface area contributed by atoms with Gasteiger partial charge in [-0.05, 0) is 42.9 Å². The first-order valence-electron chi connectivity index (χ1n) is 7.56. The highest BCUT2D eigenvalue weighted by Gasteiger charge is 2.14. The Kier molecular flexibility index (Phi) is 4.11. The van der Waals surface area contributed by atoms with Crippen LogP contribution in [0.15, 0.2) is 24.3 Å². The van der Waals surface area contributed by atoms with Gasteiger partial charge in [0.05, 0.1) is 0 Å². The number of anilines is 2. The lowest BCUT2D eigenvalue weighted by Crippen LogP contribution is -2.08. The number of nitrogens with one attached hydrogen (secondary N) is 1. The minimum atomic E-state index is 0.258. The monoisotopic (exact) mass is 301 g/mol. The molecule has 21 heavy (non-hydrogen) atoms. The lowest BCUT2D eigenvalue weighted by molar-refractivity contribution is 0.687. The molecular formula is C17H20ClN3. The van der Waals surface area contributed by atoms with Gasteiger partial charge in [-0.1, -0.05) is 37.6 Å². The topological polar surface area (TPSA) is 37.8 Å². The first-order chi connectivity index (χ1) is 10.1. The maximum absolute atomic E-state index is 6.11. The number of fused-ring (bicyclic) bond motifs is 1. The van der Waals surface area contributed by atoms with E-state index in [0.29, 0.717) is 5.15 Å². The summed E-state index contributed by atoms with van der Waals surface area (Å²) in [6.07, 6.45) is 4.85. The van der Waals surface area contributed by atoms with E-state index in [1.165, 1.54) is 30.4 Å². The number of benzene rings is 1. The number of aromatic nitrogens is 2. The van der Waals surface area contributed by atoms with E-state index < -0.39 is 0 Å². The summed E-state index contributed by atoms with van der Waals surface area (Å²) in [5.74, 6) is 1.81. The summed E-state index contributed by atoms with van der Waals surface area (Å²) < 4.78 is 0. The number of rotatable bonds is 3. The van der Waals surface area contributed by atoms with Crippen molar-refractivity contribution in [3.05, 3.63) is 46.4 Å². The highest BCUT2D eigenvalue weighted by molar-refractivity contribution is 6.29. The predicted octanol–water partition coefficient (Wildman–Crippen LogP) is 4.88. The van der Waals surface area contributed by atoms with Crippen molar-refractivity contribution in [2.45, 2.75) is 45.4 Å². The van der Waals surface area contributed by atoms with Crippen LogP contribution in [0.5, 0.6) is 0 Å². The molecular weight excluding hydrogens is 282 g/mol. The lowest BCUT2D eigenvalue weighted by atomic mass is 9.90. The zero-order valence-corrected chi connectivity index (χ0v) is 13.2. The zero-order valence-electron chi connectivity index (χ0n) is 12.5. The molecule has 0 bridgehead atoms. The van der Waals surface area contributed by atoms with E-state index in [-0.39, 0.29) is 5.92 Å². The molecule has 1 aromatic carbocycles. The van der Waals surface area contributed by atoms with Gasteiger partial charge in [-0.2, -0.15) is 0 Å². The van der Waals surface area contributed by atoms with E-state index in [9.17, 15) is 0 Å². The molecule has 0 unspecified atom stereocenters. The number of hydrogen-bond donors (Lipinski definition) is 1. The fourth-order valence-electron chi connectivity index (χ4n) is 2.79. The zero-order chi connectivity index (χ0) is 14.8. The molecule has 1 N–H and O–H groups in total. The van der Waals surface area contributed by atoms with Crippen molar-refractivity contribution in [3.8, 4) is 0 Å². The highest BCUT2D eigenvalue weighted by Crippen LogP contribution is 2.30. The van der Waals surface area contributed by atoms with E-state index >= 15 is 0 Å². The lowest BCUT2D eigenvalue weighted by Gasteiger charge is -2.20. The molecule has 0 fully saturated rings. The predicted molar refractivity (Wildman–Crippen MR) is 87.5 cm³/mol. The molecule has 110 valence electrons. The molecule has 0 radical (unpaired) electrons. The molecule has 1 aliphatic rings. The Balaban J connectivity index is 1.94. The van der Waals surface area contributed by atoms with Crippen LogP contribution in [-0.4, -0.2) is 9.97 Å². The van der Waals surface area contributed by atoms with Gasteiger partial charge in [0.1, 0.15) is 16.8 Å². The molecule has 0 saturated carbocycles. The van der Waals surface area contributed by atoms with Gasteiger partial charge in [-0.3, -0.25) is 0 Å². The second kappa shape index (κ2) is 6.02. The van der Waals surface area contributed by atoms with Crippen LogP contribution in [0.1, 0.15) is 49.6 Å². The molecule has 1 aliphatic carbocycles. The highest BCUT2D eigenvalue weighted by atomic mass is 35.5. The molecule has 0 aliphatic heterocycles. The SMILES string of the molecule is CC(C)c1nc(Cl)cc(Nc2cccc3c2CCCC3)n1. The van der Waals surface area contributed by atoms with Gasteiger partial charge >= 0.3 is 0 Å². The normalized spacial score (nSPS) is 14.1. The third-order valence-electron chi connectivity index (χ3n) is 3.89. The minimum absolute atomic E-state index is 0.258. The summed E-state index contributed by atoms with van der Waals surface area (Å²) in [6.45, 7) is 4.14. The van der Waals surface area contributed by atoms with Crippen LogP contribution >= 0.6 is 11.6 Å². The van der Waals surface area contributed by atoms with Crippen LogP contribution in [0.3, 0.4) is 0 Å². The Hall–Kier alpha value is -1.61. The van der Waals surface area contributed by atoms with E-state index in [2.05, 4.69) is 47.3 Å². The third kappa shape index (κ3) is 3.18. The van der Waals surface area contributed by atoms with Crippen molar-refractivity contribution in [2.75, 3.05) is 5.32 Å². The molecule has 1 aromatic heterocycles. The molecule has 1 heterocycles. The Bertz CT molecular complexity index is 652. The summed E-state index contributed by atoms with van der Waals surface area (Å²) in [4.78, 5) is 8.85. The second-order valence-corrected chi connectivity index (χ2v) is 6.25. The molecule has 2 aromatic rings. The maximum atomic E-state index is 6.11. The van der Waals surface area contributed by atoms with Crippen LogP contribution in [0, 0.1) is 0 Å². The second-order valence-electron chi connectivity index (χ2n) is 5.86. The molecule has 3 rings (SSSR count). The van der Waals surface area contributed by atoms with Crippen LogP contribution < -0.4 is 5.32 Å². The molecule has 4 heteroatoms. The van der Waals surface area contributed by atoms with E-state index in [1.807, 2.05) is 0 Å². The average Bonchev–Trinajstić information content (AvgIpc) is 2.47. The van der Waals surface area contributed by atoms with Crippen molar-refractivity contribution < 1.29 is 0 Å². The summed E-state index contributed by atoms with van der Waals surface area (Å²) >= 11 is 6.11. The summed E-state index contributed by atoms with van der Waals surface area (Å²) in [5, 5.41) is 3.92. The Morgan fingerprint density at radius 1 is 1.14 bits per heavy atom. The number of nitrogens with zero attached hydrogens (tertiary/aromatic N) is 2. The van der Waals surface area contributed by atoms with Gasteiger partial charge in [0.2, 0.25) is 0 Å². The Morgan fingerprint density at radius 3 is 2.76 bits per heavy atom. The molecule has 3 nitrogen and oxygen atoms in total. The molecule has 0 atom stereocenters. The summed E-state index contributed by atoms with van der Waals surface area (Å²) in [6, 6.07) is 8.25. The minimum Gasteiger partial charge on any atom is -0.340 e. The van der Waals surface area contributed by atoms with E-state index in [1.54, 1.807) is 6.07 Å². The van der Waals surface area contributed by atoms with Crippen LogP contribution in [0.25, 0.3) is 0 Å². The van der Waals surface area contributed by atoms with Crippen molar-refractivity contribution >= 4 is 23.1 Å². The van der Waals surface area contributed by atoms with Crippen molar-refractivity contribution in [1.82, 2.24) is 9.97 Å². The first-order valence-corrected chi connectivity index (χ1v) is 7.93. The molecule has 0 amide bonds. The van der Waals surface area contributed by atoms with Crippen molar-refractivity contribution in [1.29, 1.82) is 0 Å². The van der Waals surface area contributed by atoms with Gasteiger partial charge in [0.15, 0.2) is 0 Å². The van der Waals surface area contributed by atoms with Gasteiger partial charge in [0, 0.05) is 17.7 Å². The van der Waals surface area contributed by atoms with Gasteiger partial charge in [0.25, 0.3) is 0 Å². The van der Waals surface area contributed by atoms with Crippen LogP contribution in [0.4, 0.5) is 11.5 Å². The number of aryl methyl sites for hydroxylation is 1. The molecule has 0 spiro atoms. The number of hydrogen-bond acceptors (Lipinski definition) is 3. The van der Waals surface area contributed by atoms with E-state index in [4.69, 9.17) is 11.6 Å². The summed E-state index contributed by atoms with van der Waals surface area (Å²) in [7, 11) is 0. The molecule has 0 saturated heterocycles. The van der Waals surface area contributed by atoms with Crippen LogP contribution in [-0.2, 0) is 12.8 Å². The Labute approximate surface area is 130 Å². The van der Waals surface area contributed by atoms with Crippen molar-refractivity contribution in [3.63, 3.8) is 0 Å². The largest absolute Gasteiger partial charge is 0.340 e. The quantitative estimate of drug-likeness (QED) is 0.821. The fourth-order valence-corrected chi connectivity index (χ4v) is 2.98. The van der Waals surface area contributed by atoms with Crippen molar-refractivity contribution in [2.24, 2.45) is 0 Å². The standard InChI is InChI=1S/C17H20ClN3/c1-11(2)17-20-15(18)10-16(21-17)19-14-9-5-7-12-6-3-4-8-13(12)14/h5,7,9-11H,3-4,6,8H2,1-2H3,(H,19,20,21). The van der Waals surface area contributed by atoms with Crippen LogP contribution in [0.2, 0.25) is 5.15 Å². The first kappa shape index (κ1) is 14.3. The smallest absolute Gasteiger partial charge is 0.135 e.